The van der Waals surface area contributed by atoms with Gasteiger partial charge >= 0.3 is 0 Å². The Labute approximate surface area is 128 Å². The summed E-state index contributed by atoms with van der Waals surface area (Å²) >= 11 is 0. The molecule has 0 unspecified atom stereocenters. The molecule has 2 aromatic carbocycles. The number of nitrogens with zero attached hydrogens (tertiary/aromatic N) is 1. The number of benzene rings is 2. The number of anilines is 1. The maximum absolute atomic E-state index is 12.2. The predicted molar refractivity (Wildman–Crippen MR) is 83.3 cm³/mol. The van der Waals surface area contributed by atoms with Gasteiger partial charge in [-0.15, -0.1) is 0 Å². The quantitative estimate of drug-likeness (QED) is 0.861. The smallest absolute Gasteiger partial charge is 0.261 e. The van der Waals surface area contributed by atoms with Crippen molar-refractivity contribution in [2.45, 2.75) is 0 Å². The van der Waals surface area contributed by atoms with Crippen LogP contribution >= 0.6 is 0 Å². The molecular formula is C17H16N2O3. The van der Waals surface area contributed by atoms with Gasteiger partial charge < -0.3 is 10.1 Å². The molecule has 0 aromatic heterocycles. The van der Waals surface area contributed by atoms with Gasteiger partial charge in [0.15, 0.2) is 0 Å². The Morgan fingerprint density at radius 2 is 1.55 bits per heavy atom. The lowest BCUT2D eigenvalue weighted by molar-refractivity contribution is 0.0660. The number of rotatable bonds is 5. The molecule has 2 amide bonds. The third-order valence-corrected chi connectivity index (χ3v) is 3.64. The van der Waals surface area contributed by atoms with Crippen LogP contribution in [0.5, 0.6) is 5.75 Å². The summed E-state index contributed by atoms with van der Waals surface area (Å²) in [6, 6.07) is 14.4. The summed E-state index contributed by atoms with van der Waals surface area (Å²) in [5.74, 6) is 0.259. The van der Waals surface area contributed by atoms with Crippen molar-refractivity contribution in [3.8, 4) is 5.75 Å². The highest BCUT2D eigenvalue weighted by atomic mass is 16.5. The zero-order valence-electron chi connectivity index (χ0n) is 12.2. The average molecular weight is 296 g/mol. The number of hydrogen-bond acceptors (Lipinski definition) is 4. The highest BCUT2D eigenvalue weighted by Crippen LogP contribution is 2.24. The fourth-order valence-corrected chi connectivity index (χ4v) is 2.54. The molecule has 5 nitrogen and oxygen atoms in total. The summed E-state index contributed by atoms with van der Waals surface area (Å²) < 4.78 is 5.25. The standard InChI is InChI=1S/C17H16N2O3/c1-22-15-9-5-4-8-14(15)18-10-11-19-16(20)12-6-2-3-7-13(12)17(19)21/h2-9,18H,10-11H2,1H3. The fraction of sp³-hybridized carbons (Fsp3) is 0.176. The van der Waals surface area contributed by atoms with Gasteiger partial charge in [-0.25, -0.2) is 0 Å². The van der Waals surface area contributed by atoms with Crippen LogP contribution in [-0.2, 0) is 0 Å². The summed E-state index contributed by atoms with van der Waals surface area (Å²) in [6.07, 6.45) is 0. The molecule has 3 rings (SSSR count). The van der Waals surface area contributed by atoms with E-state index in [4.69, 9.17) is 4.74 Å². The van der Waals surface area contributed by atoms with Crippen LogP contribution in [-0.4, -0.2) is 36.9 Å². The first-order chi connectivity index (χ1) is 10.7. The summed E-state index contributed by atoms with van der Waals surface area (Å²) in [5, 5.41) is 3.19. The Balaban J connectivity index is 1.66. The van der Waals surface area contributed by atoms with Gasteiger partial charge in [0.2, 0.25) is 0 Å². The minimum Gasteiger partial charge on any atom is -0.495 e. The van der Waals surface area contributed by atoms with Gasteiger partial charge in [0, 0.05) is 13.1 Å². The molecule has 0 fully saturated rings. The Hall–Kier alpha value is -2.82. The molecule has 0 radical (unpaired) electrons. The highest BCUT2D eigenvalue weighted by Gasteiger charge is 2.34. The number of ether oxygens (including phenoxy) is 1. The molecule has 0 aliphatic carbocycles. The minimum atomic E-state index is -0.234. The van der Waals surface area contributed by atoms with Crippen LogP contribution < -0.4 is 10.1 Å². The molecule has 112 valence electrons. The summed E-state index contributed by atoms with van der Waals surface area (Å²) in [5.41, 5.74) is 1.79. The van der Waals surface area contributed by atoms with Gasteiger partial charge in [0.1, 0.15) is 5.75 Å². The van der Waals surface area contributed by atoms with E-state index in [0.717, 1.165) is 11.4 Å². The molecule has 0 spiro atoms. The SMILES string of the molecule is COc1ccccc1NCCN1C(=O)c2ccccc2C1=O. The molecule has 1 aliphatic heterocycles. The second-order valence-electron chi connectivity index (χ2n) is 4.93. The van der Waals surface area contributed by atoms with E-state index < -0.39 is 0 Å². The molecule has 0 atom stereocenters. The van der Waals surface area contributed by atoms with Crippen LogP contribution in [0, 0.1) is 0 Å². The molecule has 0 saturated carbocycles. The number of fused-ring (bicyclic) bond motifs is 1. The number of para-hydroxylation sites is 2. The van der Waals surface area contributed by atoms with Gasteiger partial charge in [0.05, 0.1) is 23.9 Å². The van der Waals surface area contributed by atoms with Crippen molar-refractivity contribution >= 4 is 17.5 Å². The van der Waals surface area contributed by atoms with E-state index in [-0.39, 0.29) is 11.8 Å². The zero-order valence-corrected chi connectivity index (χ0v) is 12.2. The van der Waals surface area contributed by atoms with Crippen molar-refractivity contribution in [3.63, 3.8) is 0 Å². The highest BCUT2D eigenvalue weighted by molar-refractivity contribution is 6.21. The van der Waals surface area contributed by atoms with Gasteiger partial charge in [-0.2, -0.15) is 0 Å². The van der Waals surface area contributed by atoms with E-state index in [2.05, 4.69) is 5.32 Å². The molecular weight excluding hydrogens is 280 g/mol. The fourth-order valence-electron chi connectivity index (χ4n) is 2.54. The third kappa shape index (κ3) is 2.41. The Kier molecular flexibility index (Phi) is 3.78. The van der Waals surface area contributed by atoms with Gasteiger partial charge in [-0.3, -0.25) is 14.5 Å². The van der Waals surface area contributed by atoms with E-state index in [0.29, 0.717) is 24.2 Å². The minimum absolute atomic E-state index is 0.234. The van der Waals surface area contributed by atoms with Crippen molar-refractivity contribution in [1.29, 1.82) is 0 Å². The van der Waals surface area contributed by atoms with Gasteiger partial charge in [-0.05, 0) is 24.3 Å². The largest absolute Gasteiger partial charge is 0.495 e. The van der Waals surface area contributed by atoms with E-state index in [1.807, 2.05) is 24.3 Å². The number of methoxy groups -OCH3 is 1. The first kappa shape index (κ1) is 14.1. The second kappa shape index (κ2) is 5.89. The van der Waals surface area contributed by atoms with E-state index >= 15 is 0 Å². The first-order valence-electron chi connectivity index (χ1n) is 7.04. The Morgan fingerprint density at radius 3 is 2.18 bits per heavy atom. The molecule has 5 heteroatoms. The lowest BCUT2D eigenvalue weighted by Crippen LogP contribution is -2.34. The van der Waals surface area contributed by atoms with E-state index in [1.54, 1.807) is 31.4 Å². The molecule has 0 bridgehead atoms. The van der Waals surface area contributed by atoms with Crippen LogP contribution in [0.25, 0.3) is 0 Å². The zero-order chi connectivity index (χ0) is 15.5. The van der Waals surface area contributed by atoms with Crippen molar-refractivity contribution < 1.29 is 14.3 Å². The third-order valence-electron chi connectivity index (χ3n) is 3.64. The molecule has 0 saturated heterocycles. The van der Waals surface area contributed by atoms with E-state index in [1.165, 1.54) is 4.90 Å². The van der Waals surface area contributed by atoms with Crippen molar-refractivity contribution in [3.05, 3.63) is 59.7 Å². The number of amides is 2. The van der Waals surface area contributed by atoms with Crippen LogP contribution in [0.1, 0.15) is 20.7 Å². The number of carbonyl (C=O) groups is 2. The van der Waals surface area contributed by atoms with E-state index in [9.17, 15) is 9.59 Å². The Bertz CT molecular complexity index is 692. The molecule has 2 aromatic rings. The van der Waals surface area contributed by atoms with Crippen LogP contribution in [0.15, 0.2) is 48.5 Å². The average Bonchev–Trinajstić information content (AvgIpc) is 2.80. The summed E-state index contributed by atoms with van der Waals surface area (Å²) in [7, 11) is 1.60. The van der Waals surface area contributed by atoms with Crippen molar-refractivity contribution in [2.75, 3.05) is 25.5 Å². The molecule has 22 heavy (non-hydrogen) atoms. The number of nitrogens with one attached hydrogen (secondary N) is 1. The Morgan fingerprint density at radius 1 is 0.955 bits per heavy atom. The topological polar surface area (TPSA) is 58.6 Å². The first-order valence-corrected chi connectivity index (χ1v) is 7.04. The van der Waals surface area contributed by atoms with Crippen molar-refractivity contribution in [2.24, 2.45) is 0 Å². The second-order valence-corrected chi connectivity index (χ2v) is 4.93. The van der Waals surface area contributed by atoms with Crippen LogP contribution in [0.2, 0.25) is 0 Å². The van der Waals surface area contributed by atoms with Crippen LogP contribution in [0.3, 0.4) is 0 Å². The summed E-state index contributed by atoms with van der Waals surface area (Å²) in [4.78, 5) is 25.7. The van der Waals surface area contributed by atoms with Crippen molar-refractivity contribution in [1.82, 2.24) is 4.90 Å². The number of imide groups is 1. The maximum Gasteiger partial charge on any atom is 0.261 e. The lowest BCUT2D eigenvalue weighted by Gasteiger charge is -2.16. The maximum atomic E-state index is 12.2. The normalized spacial score (nSPS) is 13.2. The monoisotopic (exact) mass is 296 g/mol. The lowest BCUT2D eigenvalue weighted by atomic mass is 10.1. The van der Waals surface area contributed by atoms with Crippen LogP contribution in [0.4, 0.5) is 5.69 Å². The number of hydrogen-bond donors (Lipinski definition) is 1. The number of carbonyl (C=O) groups excluding carboxylic acids is 2. The molecule has 1 heterocycles. The molecule has 1 aliphatic rings. The van der Waals surface area contributed by atoms with Gasteiger partial charge in [0.25, 0.3) is 11.8 Å². The molecule has 1 N–H and O–H groups in total. The van der Waals surface area contributed by atoms with Gasteiger partial charge in [-0.1, -0.05) is 24.3 Å². The summed E-state index contributed by atoms with van der Waals surface area (Å²) in [6.45, 7) is 0.774. The predicted octanol–water partition coefficient (Wildman–Crippen LogP) is 2.40.